The molecule has 0 fully saturated rings. The van der Waals surface area contributed by atoms with Gasteiger partial charge in [-0.15, -0.1) is 0 Å². The number of nitriles is 1. The van der Waals surface area contributed by atoms with E-state index in [1.54, 1.807) is 7.11 Å². The number of benzene rings is 1. The van der Waals surface area contributed by atoms with E-state index in [0.717, 1.165) is 17.0 Å². The van der Waals surface area contributed by atoms with Gasteiger partial charge in [-0.2, -0.15) is 5.26 Å². The lowest BCUT2D eigenvalue weighted by atomic mass is 9.96. The molecule has 0 saturated carbocycles. The minimum Gasteiger partial charge on any atom is -0.495 e. The quantitative estimate of drug-likeness (QED) is 0.890. The van der Waals surface area contributed by atoms with Gasteiger partial charge in [0.1, 0.15) is 5.75 Å². The van der Waals surface area contributed by atoms with Crippen molar-refractivity contribution in [3.05, 3.63) is 22.7 Å². The van der Waals surface area contributed by atoms with Crippen molar-refractivity contribution in [2.45, 2.75) is 20.8 Å². The Morgan fingerprint density at radius 2 is 2.12 bits per heavy atom. The SMILES string of the molecule is COc1cc(C)c(Cl)cc1NCC(C)(C)C#N. The number of nitrogens with one attached hydrogen (secondary N) is 1. The highest BCUT2D eigenvalue weighted by molar-refractivity contribution is 6.31. The van der Waals surface area contributed by atoms with Gasteiger partial charge in [-0.25, -0.2) is 0 Å². The molecule has 1 N–H and O–H groups in total. The summed E-state index contributed by atoms with van der Waals surface area (Å²) in [4.78, 5) is 0. The van der Waals surface area contributed by atoms with Gasteiger partial charge in [-0.1, -0.05) is 11.6 Å². The molecule has 0 spiro atoms. The predicted octanol–water partition coefficient (Wildman–Crippen LogP) is 3.62. The van der Waals surface area contributed by atoms with Gasteiger partial charge >= 0.3 is 0 Å². The zero-order valence-corrected chi connectivity index (χ0v) is 11.4. The van der Waals surface area contributed by atoms with Gasteiger partial charge in [-0.3, -0.25) is 0 Å². The van der Waals surface area contributed by atoms with Crippen LogP contribution in [-0.2, 0) is 0 Å². The Kier molecular flexibility index (Phi) is 4.25. The summed E-state index contributed by atoms with van der Waals surface area (Å²) in [5, 5.41) is 12.8. The van der Waals surface area contributed by atoms with Crippen molar-refractivity contribution in [2.24, 2.45) is 5.41 Å². The monoisotopic (exact) mass is 252 g/mol. The summed E-state index contributed by atoms with van der Waals surface area (Å²) in [6.45, 7) is 6.22. The fraction of sp³-hybridized carbons (Fsp3) is 0.462. The molecule has 92 valence electrons. The normalized spacial score (nSPS) is 10.8. The van der Waals surface area contributed by atoms with Crippen LogP contribution in [0.3, 0.4) is 0 Å². The van der Waals surface area contributed by atoms with Crippen LogP contribution in [0.25, 0.3) is 0 Å². The van der Waals surface area contributed by atoms with E-state index in [-0.39, 0.29) is 0 Å². The second-order valence-corrected chi connectivity index (χ2v) is 5.06. The van der Waals surface area contributed by atoms with E-state index < -0.39 is 5.41 Å². The lowest BCUT2D eigenvalue weighted by Crippen LogP contribution is -2.21. The van der Waals surface area contributed by atoms with Gasteiger partial charge in [0.25, 0.3) is 0 Å². The smallest absolute Gasteiger partial charge is 0.142 e. The minimum atomic E-state index is -0.428. The van der Waals surface area contributed by atoms with Gasteiger partial charge < -0.3 is 10.1 Å². The highest BCUT2D eigenvalue weighted by Gasteiger charge is 2.17. The van der Waals surface area contributed by atoms with Gasteiger partial charge in [-0.05, 0) is 38.5 Å². The summed E-state index contributed by atoms with van der Waals surface area (Å²) in [6, 6.07) is 5.94. The Bertz CT molecular complexity index is 449. The molecule has 0 unspecified atom stereocenters. The predicted molar refractivity (Wildman–Crippen MR) is 70.6 cm³/mol. The van der Waals surface area contributed by atoms with E-state index in [4.69, 9.17) is 21.6 Å². The first-order chi connectivity index (χ1) is 7.89. The van der Waals surface area contributed by atoms with Gasteiger partial charge in [0.15, 0.2) is 0 Å². The summed E-state index contributed by atoms with van der Waals surface area (Å²) in [6.07, 6.45) is 0. The molecule has 0 aliphatic heterocycles. The first-order valence-corrected chi connectivity index (χ1v) is 5.76. The van der Waals surface area contributed by atoms with E-state index in [0.29, 0.717) is 11.6 Å². The summed E-state index contributed by atoms with van der Waals surface area (Å²) in [5.41, 5.74) is 1.35. The molecule has 1 aromatic rings. The van der Waals surface area contributed by atoms with Crippen LogP contribution in [0.2, 0.25) is 5.02 Å². The van der Waals surface area contributed by atoms with Crippen molar-refractivity contribution < 1.29 is 4.74 Å². The Morgan fingerprint density at radius 3 is 2.65 bits per heavy atom. The van der Waals surface area contributed by atoms with Crippen molar-refractivity contribution in [3.8, 4) is 11.8 Å². The first-order valence-electron chi connectivity index (χ1n) is 5.39. The second-order valence-electron chi connectivity index (χ2n) is 4.65. The Labute approximate surface area is 107 Å². The molecule has 17 heavy (non-hydrogen) atoms. The zero-order chi connectivity index (χ0) is 13.1. The second kappa shape index (κ2) is 5.29. The molecular formula is C13H17ClN2O. The number of rotatable bonds is 4. The molecule has 0 aliphatic rings. The summed E-state index contributed by atoms with van der Waals surface area (Å²) in [7, 11) is 1.61. The van der Waals surface area contributed by atoms with Crippen molar-refractivity contribution in [1.29, 1.82) is 5.26 Å². The number of aryl methyl sites for hydroxylation is 1. The average molecular weight is 253 g/mol. The zero-order valence-electron chi connectivity index (χ0n) is 10.6. The van der Waals surface area contributed by atoms with E-state index in [1.807, 2.05) is 32.9 Å². The molecule has 0 heterocycles. The maximum Gasteiger partial charge on any atom is 0.142 e. The van der Waals surface area contributed by atoms with E-state index in [9.17, 15) is 0 Å². The molecule has 0 bridgehead atoms. The van der Waals surface area contributed by atoms with E-state index in [2.05, 4.69) is 11.4 Å². The van der Waals surface area contributed by atoms with Crippen LogP contribution in [0.15, 0.2) is 12.1 Å². The molecular weight excluding hydrogens is 236 g/mol. The van der Waals surface area contributed by atoms with Crippen LogP contribution in [0.4, 0.5) is 5.69 Å². The van der Waals surface area contributed by atoms with Crippen molar-refractivity contribution in [2.75, 3.05) is 19.0 Å². The average Bonchev–Trinajstić information content (AvgIpc) is 2.30. The van der Waals surface area contributed by atoms with E-state index >= 15 is 0 Å². The summed E-state index contributed by atoms with van der Waals surface area (Å²) < 4.78 is 5.28. The minimum absolute atomic E-state index is 0.428. The Hall–Kier alpha value is -1.40. The highest BCUT2D eigenvalue weighted by Crippen LogP contribution is 2.31. The fourth-order valence-corrected chi connectivity index (χ4v) is 1.48. The van der Waals surface area contributed by atoms with Crippen LogP contribution < -0.4 is 10.1 Å². The van der Waals surface area contributed by atoms with Gasteiger partial charge in [0, 0.05) is 11.6 Å². The maximum absolute atomic E-state index is 8.95. The van der Waals surface area contributed by atoms with Crippen molar-refractivity contribution in [1.82, 2.24) is 0 Å². The molecule has 0 aliphatic carbocycles. The number of hydrogen-bond donors (Lipinski definition) is 1. The molecule has 4 heteroatoms. The summed E-state index contributed by atoms with van der Waals surface area (Å²) in [5.74, 6) is 0.737. The molecule has 0 radical (unpaired) electrons. The van der Waals surface area contributed by atoms with Crippen LogP contribution in [0.5, 0.6) is 5.75 Å². The molecule has 0 aromatic heterocycles. The third-order valence-electron chi connectivity index (χ3n) is 2.50. The first kappa shape index (κ1) is 13.7. The number of nitrogens with zero attached hydrogens (tertiary/aromatic N) is 1. The van der Waals surface area contributed by atoms with Crippen LogP contribution in [0, 0.1) is 23.7 Å². The molecule has 0 saturated heterocycles. The van der Waals surface area contributed by atoms with E-state index in [1.165, 1.54) is 0 Å². The lowest BCUT2D eigenvalue weighted by Gasteiger charge is -2.19. The number of ether oxygens (including phenoxy) is 1. The largest absolute Gasteiger partial charge is 0.495 e. The molecule has 1 aromatic carbocycles. The molecule has 3 nitrogen and oxygen atoms in total. The Balaban J connectivity index is 2.92. The maximum atomic E-state index is 8.95. The van der Waals surface area contributed by atoms with Crippen LogP contribution in [0.1, 0.15) is 19.4 Å². The molecule has 1 rings (SSSR count). The number of methoxy groups -OCH3 is 1. The fourth-order valence-electron chi connectivity index (χ4n) is 1.32. The van der Waals surface area contributed by atoms with Crippen LogP contribution >= 0.6 is 11.6 Å². The van der Waals surface area contributed by atoms with Gasteiger partial charge in [0.2, 0.25) is 0 Å². The number of anilines is 1. The van der Waals surface area contributed by atoms with Crippen molar-refractivity contribution in [3.63, 3.8) is 0 Å². The lowest BCUT2D eigenvalue weighted by molar-refractivity contribution is 0.415. The highest BCUT2D eigenvalue weighted by atomic mass is 35.5. The van der Waals surface area contributed by atoms with Crippen molar-refractivity contribution >= 4 is 17.3 Å². The molecule has 0 atom stereocenters. The third kappa shape index (κ3) is 3.54. The molecule has 0 amide bonds. The standard InChI is InChI=1S/C13H17ClN2O/c1-9-5-12(17-4)11(6-10(9)14)16-8-13(2,3)7-15/h5-6,16H,8H2,1-4H3. The third-order valence-corrected chi connectivity index (χ3v) is 2.91. The number of hydrogen-bond acceptors (Lipinski definition) is 3. The number of halogens is 1. The Morgan fingerprint density at radius 1 is 1.47 bits per heavy atom. The van der Waals surface area contributed by atoms with Crippen LogP contribution in [-0.4, -0.2) is 13.7 Å². The van der Waals surface area contributed by atoms with Gasteiger partial charge in [0.05, 0.1) is 24.3 Å². The summed E-state index contributed by atoms with van der Waals surface area (Å²) >= 11 is 6.07. The topological polar surface area (TPSA) is 45.0 Å².